The highest BCUT2D eigenvalue weighted by Crippen LogP contribution is 2.40. The summed E-state index contributed by atoms with van der Waals surface area (Å²) < 4.78 is 0. The molecule has 1 aliphatic rings. The summed E-state index contributed by atoms with van der Waals surface area (Å²) in [4.78, 5) is 10.3. The Kier molecular flexibility index (Phi) is 3.05. The van der Waals surface area contributed by atoms with Crippen molar-refractivity contribution in [2.45, 2.75) is 33.1 Å². The van der Waals surface area contributed by atoms with Crippen LogP contribution in [-0.4, -0.2) is 11.5 Å². The number of nitro groups is 1. The molecule has 1 aliphatic carbocycles. The van der Waals surface area contributed by atoms with E-state index in [1.165, 1.54) is 19.3 Å². The first-order valence-electron chi connectivity index (χ1n) is 5.99. The first-order valence-corrected chi connectivity index (χ1v) is 5.99. The van der Waals surface area contributed by atoms with Gasteiger partial charge in [0.25, 0.3) is 5.69 Å². The maximum absolute atomic E-state index is 10.6. The van der Waals surface area contributed by atoms with Crippen molar-refractivity contribution in [1.82, 2.24) is 0 Å². The van der Waals surface area contributed by atoms with Crippen LogP contribution in [0.1, 0.15) is 31.7 Å². The Morgan fingerprint density at radius 3 is 2.65 bits per heavy atom. The molecule has 92 valence electrons. The number of hydrogen-bond donors (Lipinski definition) is 1. The zero-order chi connectivity index (χ0) is 12.5. The monoisotopic (exact) mass is 234 g/mol. The molecule has 0 amide bonds. The number of anilines is 1. The minimum absolute atomic E-state index is 0.155. The van der Waals surface area contributed by atoms with Crippen LogP contribution in [0.4, 0.5) is 11.4 Å². The van der Waals surface area contributed by atoms with Gasteiger partial charge in [0.2, 0.25) is 0 Å². The van der Waals surface area contributed by atoms with E-state index < -0.39 is 0 Å². The minimum Gasteiger partial charge on any atom is -0.384 e. The van der Waals surface area contributed by atoms with Crippen LogP contribution >= 0.6 is 0 Å². The number of nitrogens with zero attached hydrogens (tertiary/aromatic N) is 1. The summed E-state index contributed by atoms with van der Waals surface area (Å²) in [6.07, 6.45) is 3.86. The lowest BCUT2D eigenvalue weighted by Crippen LogP contribution is -2.33. The van der Waals surface area contributed by atoms with Crippen molar-refractivity contribution >= 4 is 11.4 Å². The van der Waals surface area contributed by atoms with Crippen molar-refractivity contribution in [1.29, 1.82) is 0 Å². The van der Waals surface area contributed by atoms with E-state index in [0.717, 1.165) is 17.8 Å². The van der Waals surface area contributed by atoms with Gasteiger partial charge >= 0.3 is 0 Å². The molecule has 1 fully saturated rings. The molecular weight excluding hydrogens is 216 g/mol. The molecule has 0 bridgehead atoms. The number of nitrogens with one attached hydrogen (secondary N) is 1. The van der Waals surface area contributed by atoms with Crippen molar-refractivity contribution in [2.75, 3.05) is 11.9 Å². The summed E-state index contributed by atoms with van der Waals surface area (Å²) in [5.74, 6) is 0. The molecule has 0 unspecified atom stereocenters. The van der Waals surface area contributed by atoms with Crippen LogP contribution in [0.2, 0.25) is 0 Å². The Bertz CT molecular complexity index is 439. The summed E-state index contributed by atoms with van der Waals surface area (Å²) >= 11 is 0. The highest BCUT2D eigenvalue weighted by atomic mass is 16.6. The Hall–Kier alpha value is -1.58. The number of aryl methyl sites for hydroxylation is 1. The average Bonchev–Trinajstić information content (AvgIpc) is 2.24. The quantitative estimate of drug-likeness (QED) is 0.640. The van der Waals surface area contributed by atoms with Crippen molar-refractivity contribution in [2.24, 2.45) is 5.41 Å². The molecule has 0 radical (unpaired) electrons. The average molecular weight is 234 g/mol. The van der Waals surface area contributed by atoms with E-state index in [-0.39, 0.29) is 10.6 Å². The summed E-state index contributed by atoms with van der Waals surface area (Å²) in [6.45, 7) is 5.13. The maximum atomic E-state index is 10.6. The van der Waals surface area contributed by atoms with Gasteiger partial charge in [-0.25, -0.2) is 0 Å². The van der Waals surface area contributed by atoms with E-state index in [2.05, 4.69) is 12.2 Å². The molecule has 1 N–H and O–H groups in total. The van der Waals surface area contributed by atoms with Crippen LogP contribution < -0.4 is 5.32 Å². The molecule has 1 aromatic carbocycles. The molecule has 0 aliphatic heterocycles. The SMILES string of the molecule is Cc1cc([N+](=O)[O-])ccc1NCC1(C)CCC1. The molecule has 0 aromatic heterocycles. The van der Waals surface area contributed by atoms with Gasteiger partial charge in [-0.1, -0.05) is 13.3 Å². The van der Waals surface area contributed by atoms with Gasteiger partial charge in [-0.2, -0.15) is 0 Å². The summed E-state index contributed by atoms with van der Waals surface area (Å²) in [5, 5.41) is 14.0. The number of nitro benzene ring substituents is 1. The molecule has 1 saturated carbocycles. The van der Waals surface area contributed by atoms with Crippen molar-refractivity contribution in [3.05, 3.63) is 33.9 Å². The molecule has 17 heavy (non-hydrogen) atoms. The number of hydrogen-bond acceptors (Lipinski definition) is 3. The Labute approximate surface area is 101 Å². The normalized spacial score (nSPS) is 17.3. The van der Waals surface area contributed by atoms with Gasteiger partial charge in [0.1, 0.15) is 0 Å². The Balaban J connectivity index is 2.03. The van der Waals surface area contributed by atoms with Crippen molar-refractivity contribution < 1.29 is 4.92 Å². The second-order valence-electron chi connectivity index (χ2n) is 5.27. The predicted octanol–water partition coefficient (Wildman–Crippen LogP) is 3.51. The van der Waals surface area contributed by atoms with Gasteiger partial charge in [0.15, 0.2) is 0 Å². The fraction of sp³-hybridized carbons (Fsp3) is 0.538. The molecule has 2 rings (SSSR count). The Morgan fingerprint density at radius 1 is 1.47 bits per heavy atom. The van der Waals surface area contributed by atoms with Gasteiger partial charge < -0.3 is 5.32 Å². The standard InChI is InChI=1S/C13H18N2O2/c1-10-8-11(15(16)17)4-5-12(10)14-9-13(2)6-3-7-13/h4-5,8,14H,3,6-7,9H2,1-2H3. The van der Waals surface area contributed by atoms with Crippen LogP contribution in [-0.2, 0) is 0 Å². The fourth-order valence-electron chi connectivity index (χ4n) is 2.23. The van der Waals surface area contributed by atoms with Crippen molar-refractivity contribution in [3.63, 3.8) is 0 Å². The largest absolute Gasteiger partial charge is 0.384 e. The second kappa shape index (κ2) is 4.35. The second-order valence-corrected chi connectivity index (χ2v) is 5.27. The first-order chi connectivity index (χ1) is 8.00. The van der Waals surface area contributed by atoms with Gasteiger partial charge in [-0.3, -0.25) is 10.1 Å². The lowest BCUT2D eigenvalue weighted by Gasteiger charge is -2.38. The van der Waals surface area contributed by atoms with E-state index in [4.69, 9.17) is 0 Å². The number of benzene rings is 1. The molecule has 0 saturated heterocycles. The fourth-order valence-corrected chi connectivity index (χ4v) is 2.23. The van der Waals surface area contributed by atoms with Gasteiger partial charge in [-0.15, -0.1) is 0 Å². The van der Waals surface area contributed by atoms with Gasteiger partial charge in [0, 0.05) is 24.4 Å². The molecule has 0 spiro atoms. The zero-order valence-electron chi connectivity index (χ0n) is 10.3. The van der Waals surface area contributed by atoms with Crippen LogP contribution in [0.5, 0.6) is 0 Å². The van der Waals surface area contributed by atoms with E-state index in [9.17, 15) is 10.1 Å². The van der Waals surface area contributed by atoms with Crippen LogP contribution in [0.3, 0.4) is 0 Å². The first kappa shape index (κ1) is 11.9. The summed E-state index contributed by atoms with van der Waals surface area (Å²) in [7, 11) is 0. The minimum atomic E-state index is -0.357. The molecular formula is C13H18N2O2. The smallest absolute Gasteiger partial charge is 0.269 e. The van der Waals surface area contributed by atoms with E-state index in [1.807, 2.05) is 6.92 Å². The number of non-ortho nitro benzene ring substituents is 1. The third kappa shape index (κ3) is 2.57. The molecule has 0 atom stereocenters. The Morgan fingerprint density at radius 2 is 2.18 bits per heavy atom. The third-order valence-corrected chi connectivity index (χ3v) is 3.69. The van der Waals surface area contributed by atoms with Crippen LogP contribution in [0.25, 0.3) is 0 Å². The van der Waals surface area contributed by atoms with E-state index in [0.29, 0.717) is 5.41 Å². The third-order valence-electron chi connectivity index (χ3n) is 3.69. The highest BCUT2D eigenvalue weighted by Gasteiger charge is 2.31. The van der Waals surface area contributed by atoms with Gasteiger partial charge in [-0.05, 0) is 36.8 Å². The van der Waals surface area contributed by atoms with Gasteiger partial charge in [0.05, 0.1) is 4.92 Å². The molecule has 0 heterocycles. The van der Waals surface area contributed by atoms with E-state index >= 15 is 0 Å². The van der Waals surface area contributed by atoms with Crippen LogP contribution in [0.15, 0.2) is 18.2 Å². The summed E-state index contributed by atoms with van der Waals surface area (Å²) in [6, 6.07) is 4.97. The van der Waals surface area contributed by atoms with Crippen molar-refractivity contribution in [3.8, 4) is 0 Å². The lowest BCUT2D eigenvalue weighted by molar-refractivity contribution is -0.384. The van der Waals surface area contributed by atoms with E-state index in [1.54, 1.807) is 18.2 Å². The lowest BCUT2D eigenvalue weighted by atomic mass is 9.70. The van der Waals surface area contributed by atoms with Crippen LogP contribution in [0, 0.1) is 22.5 Å². The molecule has 4 heteroatoms. The molecule has 4 nitrogen and oxygen atoms in total. The zero-order valence-corrected chi connectivity index (χ0v) is 10.3. The number of rotatable bonds is 4. The highest BCUT2D eigenvalue weighted by molar-refractivity contribution is 5.55. The molecule has 1 aromatic rings. The maximum Gasteiger partial charge on any atom is 0.269 e. The summed E-state index contributed by atoms with van der Waals surface area (Å²) in [5.41, 5.74) is 2.50. The predicted molar refractivity (Wildman–Crippen MR) is 68.3 cm³/mol. The topological polar surface area (TPSA) is 55.2 Å².